The summed E-state index contributed by atoms with van der Waals surface area (Å²) in [5.74, 6) is 0. The minimum Gasteiger partial charge on any atom is -0.328 e. The molecular weight excluding hydrogens is 268 g/mol. The SMILES string of the molecule is CCCCCCCCC(N)CCCCCCCCC(N)CC. The van der Waals surface area contributed by atoms with Gasteiger partial charge in [0.25, 0.3) is 0 Å². The Morgan fingerprint density at radius 3 is 1.27 bits per heavy atom. The van der Waals surface area contributed by atoms with Gasteiger partial charge in [-0.1, -0.05) is 90.9 Å². The molecule has 0 saturated carbocycles. The van der Waals surface area contributed by atoms with Gasteiger partial charge in [0.15, 0.2) is 0 Å². The first-order chi connectivity index (χ1) is 10.7. The zero-order valence-electron chi connectivity index (χ0n) is 15.6. The van der Waals surface area contributed by atoms with Gasteiger partial charge >= 0.3 is 0 Å². The van der Waals surface area contributed by atoms with Crippen molar-refractivity contribution in [2.24, 2.45) is 11.5 Å². The van der Waals surface area contributed by atoms with Gasteiger partial charge in [-0.3, -0.25) is 0 Å². The normalized spacial score (nSPS) is 14.2. The predicted molar refractivity (Wildman–Crippen MR) is 101 cm³/mol. The quantitative estimate of drug-likeness (QED) is 0.327. The molecule has 0 saturated heterocycles. The van der Waals surface area contributed by atoms with Crippen molar-refractivity contribution in [3.63, 3.8) is 0 Å². The third-order valence-electron chi connectivity index (χ3n) is 4.85. The number of hydrogen-bond acceptors (Lipinski definition) is 2. The van der Waals surface area contributed by atoms with Gasteiger partial charge in [-0.05, 0) is 25.7 Å². The summed E-state index contributed by atoms with van der Waals surface area (Å²) in [6, 6.07) is 0.883. The Labute approximate surface area is 140 Å². The molecule has 0 amide bonds. The lowest BCUT2D eigenvalue weighted by atomic mass is 10.0. The largest absolute Gasteiger partial charge is 0.328 e. The first-order valence-electron chi connectivity index (χ1n) is 10.2. The van der Waals surface area contributed by atoms with E-state index in [9.17, 15) is 0 Å². The summed E-state index contributed by atoms with van der Waals surface area (Å²) in [6.07, 6.45) is 21.2. The van der Waals surface area contributed by atoms with Crippen LogP contribution in [0.3, 0.4) is 0 Å². The molecule has 0 aliphatic rings. The minimum atomic E-state index is 0.431. The van der Waals surface area contributed by atoms with Crippen LogP contribution in [0.1, 0.15) is 117 Å². The van der Waals surface area contributed by atoms with E-state index in [1.54, 1.807) is 0 Å². The predicted octanol–water partition coefficient (Wildman–Crippen LogP) is 5.92. The second-order valence-electron chi connectivity index (χ2n) is 7.18. The molecular formula is C20H44N2. The smallest absolute Gasteiger partial charge is 0.00388 e. The van der Waals surface area contributed by atoms with Gasteiger partial charge in [0, 0.05) is 12.1 Å². The highest BCUT2D eigenvalue weighted by atomic mass is 14.6. The van der Waals surface area contributed by atoms with Crippen LogP contribution in [0.4, 0.5) is 0 Å². The van der Waals surface area contributed by atoms with Gasteiger partial charge in [0.1, 0.15) is 0 Å². The van der Waals surface area contributed by atoms with E-state index in [1.807, 2.05) is 0 Å². The van der Waals surface area contributed by atoms with E-state index >= 15 is 0 Å². The average Bonchev–Trinajstić information content (AvgIpc) is 2.52. The lowest BCUT2D eigenvalue weighted by molar-refractivity contribution is 0.478. The van der Waals surface area contributed by atoms with Gasteiger partial charge < -0.3 is 11.5 Å². The highest BCUT2D eigenvalue weighted by Gasteiger charge is 2.02. The third kappa shape index (κ3) is 16.3. The van der Waals surface area contributed by atoms with Crippen molar-refractivity contribution in [3.8, 4) is 0 Å². The molecule has 0 aliphatic carbocycles. The molecule has 0 aromatic heterocycles. The van der Waals surface area contributed by atoms with Crippen molar-refractivity contribution in [2.75, 3.05) is 0 Å². The summed E-state index contributed by atoms with van der Waals surface area (Å²) in [5.41, 5.74) is 12.1. The molecule has 2 atom stereocenters. The highest BCUT2D eigenvalue weighted by molar-refractivity contribution is 4.62. The maximum atomic E-state index is 6.21. The van der Waals surface area contributed by atoms with E-state index in [-0.39, 0.29) is 0 Å². The zero-order valence-corrected chi connectivity index (χ0v) is 15.6. The minimum absolute atomic E-state index is 0.431. The molecule has 0 bridgehead atoms. The molecule has 0 rings (SSSR count). The average molecular weight is 313 g/mol. The lowest BCUT2D eigenvalue weighted by Crippen LogP contribution is -2.19. The fourth-order valence-electron chi connectivity index (χ4n) is 3.06. The Balaban J connectivity index is 3.16. The molecule has 134 valence electrons. The molecule has 0 fully saturated rings. The summed E-state index contributed by atoms with van der Waals surface area (Å²) in [6.45, 7) is 4.45. The van der Waals surface area contributed by atoms with Crippen molar-refractivity contribution >= 4 is 0 Å². The number of rotatable bonds is 17. The molecule has 0 heterocycles. The maximum Gasteiger partial charge on any atom is 0.00388 e. The van der Waals surface area contributed by atoms with Crippen LogP contribution < -0.4 is 11.5 Å². The Kier molecular flexibility index (Phi) is 17.2. The van der Waals surface area contributed by atoms with E-state index in [0.29, 0.717) is 12.1 Å². The van der Waals surface area contributed by atoms with Gasteiger partial charge in [-0.15, -0.1) is 0 Å². The zero-order chi connectivity index (χ0) is 16.5. The molecule has 0 radical (unpaired) electrons. The molecule has 0 aromatic rings. The van der Waals surface area contributed by atoms with Crippen molar-refractivity contribution < 1.29 is 0 Å². The van der Waals surface area contributed by atoms with Gasteiger partial charge in [0.2, 0.25) is 0 Å². The topological polar surface area (TPSA) is 52.0 Å². The van der Waals surface area contributed by atoms with Crippen LogP contribution in [0.5, 0.6) is 0 Å². The monoisotopic (exact) mass is 312 g/mol. The molecule has 2 unspecified atom stereocenters. The standard InChI is InChI=1S/C20H44N2/c1-3-5-6-7-10-14-17-20(22)18-15-12-9-8-11-13-16-19(21)4-2/h19-20H,3-18,21-22H2,1-2H3. The van der Waals surface area contributed by atoms with E-state index in [4.69, 9.17) is 11.5 Å². The van der Waals surface area contributed by atoms with Crippen molar-refractivity contribution in [2.45, 2.75) is 129 Å². The Morgan fingerprint density at radius 1 is 0.500 bits per heavy atom. The summed E-state index contributed by atoms with van der Waals surface area (Å²) >= 11 is 0. The van der Waals surface area contributed by atoms with E-state index in [1.165, 1.54) is 96.3 Å². The second-order valence-corrected chi connectivity index (χ2v) is 7.18. The van der Waals surface area contributed by atoms with Crippen molar-refractivity contribution in [3.05, 3.63) is 0 Å². The fraction of sp³-hybridized carbons (Fsp3) is 1.00. The second kappa shape index (κ2) is 17.3. The highest BCUT2D eigenvalue weighted by Crippen LogP contribution is 2.13. The summed E-state index contributed by atoms with van der Waals surface area (Å²) < 4.78 is 0. The summed E-state index contributed by atoms with van der Waals surface area (Å²) in [5, 5.41) is 0. The molecule has 4 N–H and O–H groups in total. The van der Waals surface area contributed by atoms with Crippen molar-refractivity contribution in [1.29, 1.82) is 0 Å². The van der Waals surface area contributed by atoms with E-state index in [0.717, 1.165) is 6.42 Å². The molecule has 0 aliphatic heterocycles. The Bertz CT molecular complexity index is 206. The Hall–Kier alpha value is -0.0800. The van der Waals surface area contributed by atoms with Crippen molar-refractivity contribution in [1.82, 2.24) is 0 Å². The van der Waals surface area contributed by atoms with Crippen LogP contribution in [-0.4, -0.2) is 12.1 Å². The molecule has 2 nitrogen and oxygen atoms in total. The number of nitrogens with two attached hydrogens (primary N) is 2. The van der Waals surface area contributed by atoms with Crippen LogP contribution in [-0.2, 0) is 0 Å². The molecule has 22 heavy (non-hydrogen) atoms. The Morgan fingerprint density at radius 2 is 0.864 bits per heavy atom. The first-order valence-corrected chi connectivity index (χ1v) is 10.2. The maximum absolute atomic E-state index is 6.21. The van der Waals surface area contributed by atoms with Crippen LogP contribution in [0.15, 0.2) is 0 Å². The van der Waals surface area contributed by atoms with Crippen LogP contribution in [0.25, 0.3) is 0 Å². The van der Waals surface area contributed by atoms with Gasteiger partial charge in [0.05, 0.1) is 0 Å². The van der Waals surface area contributed by atoms with E-state index < -0.39 is 0 Å². The lowest BCUT2D eigenvalue weighted by Gasteiger charge is -2.11. The van der Waals surface area contributed by atoms with E-state index in [2.05, 4.69) is 13.8 Å². The summed E-state index contributed by atoms with van der Waals surface area (Å²) in [4.78, 5) is 0. The van der Waals surface area contributed by atoms with Crippen LogP contribution in [0.2, 0.25) is 0 Å². The van der Waals surface area contributed by atoms with Gasteiger partial charge in [-0.2, -0.15) is 0 Å². The molecule has 0 aromatic carbocycles. The first kappa shape index (κ1) is 21.9. The number of hydrogen-bond donors (Lipinski definition) is 2. The molecule has 0 spiro atoms. The van der Waals surface area contributed by atoms with Crippen LogP contribution >= 0.6 is 0 Å². The third-order valence-corrected chi connectivity index (χ3v) is 4.85. The van der Waals surface area contributed by atoms with Crippen LogP contribution in [0, 0.1) is 0 Å². The number of unbranched alkanes of at least 4 members (excludes halogenated alkanes) is 10. The summed E-state index contributed by atoms with van der Waals surface area (Å²) in [7, 11) is 0. The molecule has 2 heteroatoms. The fourth-order valence-corrected chi connectivity index (χ4v) is 3.06. The van der Waals surface area contributed by atoms with Gasteiger partial charge in [-0.25, -0.2) is 0 Å².